The predicted octanol–water partition coefficient (Wildman–Crippen LogP) is 3.39. The molecule has 2 aromatic carbocycles. The van der Waals surface area contributed by atoms with Crippen LogP contribution in [-0.2, 0) is 0 Å². The van der Waals surface area contributed by atoms with E-state index in [4.69, 9.17) is 0 Å². The normalized spacial score (nSPS) is 11.8. The molecule has 0 bridgehead atoms. The van der Waals surface area contributed by atoms with Gasteiger partial charge in [-0.15, -0.1) is 6.58 Å². The van der Waals surface area contributed by atoms with E-state index in [-0.39, 0.29) is 12.1 Å². The zero-order chi connectivity index (χ0) is 13.7. The lowest BCUT2D eigenvalue weighted by Gasteiger charge is -2.16. The minimum absolute atomic E-state index is 0.0454. The molecular formula is C16H18N2O. The summed E-state index contributed by atoms with van der Waals surface area (Å²) in [5.41, 5.74) is 1.12. The smallest absolute Gasteiger partial charge is 0.315 e. The average molecular weight is 254 g/mol. The number of hydrogen-bond acceptors (Lipinski definition) is 1. The van der Waals surface area contributed by atoms with E-state index in [0.717, 1.165) is 5.56 Å². The van der Waals surface area contributed by atoms with Gasteiger partial charge in [-0.05, 0) is 23.3 Å². The van der Waals surface area contributed by atoms with Crippen LogP contribution in [-0.4, -0.2) is 12.6 Å². The molecule has 0 aliphatic carbocycles. The van der Waals surface area contributed by atoms with Crippen molar-refractivity contribution < 1.29 is 4.79 Å². The van der Waals surface area contributed by atoms with E-state index in [1.807, 2.05) is 31.2 Å². The number of benzene rings is 2. The number of hydrogen-bond donors (Lipinski definition) is 2. The molecule has 0 aliphatic rings. The van der Waals surface area contributed by atoms with Gasteiger partial charge in [0.2, 0.25) is 0 Å². The van der Waals surface area contributed by atoms with Gasteiger partial charge >= 0.3 is 6.03 Å². The van der Waals surface area contributed by atoms with Crippen LogP contribution in [0.5, 0.6) is 0 Å². The molecule has 0 heterocycles. The molecular weight excluding hydrogens is 236 g/mol. The fourth-order valence-corrected chi connectivity index (χ4v) is 2.12. The van der Waals surface area contributed by atoms with E-state index in [1.165, 1.54) is 10.8 Å². The van der Waals surface area contributed by atoms with E-state index in [2.05, 4.69) is 35.4 Å². The maximum atomic E-state index is 11.7. The molecule has 0 saturated heterocycles. The molecule has 3 heteroatoms. The van der Waals surface area contributed by atoms with Crippen LogP contribution >= 0.6 is 0 Å². The van der Waals surface area contributed by atoms with E-state index < -0.39 is 0 Å². The predicted molar refractivity (Wildman–Crippen MR) is 79.1 cm³/mol. The van der Waals surface area contributed by atoms with Crippen LogP contribution in [0.1, 0.15) is 18.5 Å². The van der Waals surface area contributed by atoms with Crippen molar-refractivity contribution in [2.24, 2.45) is 0 Å². The Morgan fingerprint density at radius 3 is 2.79 bits per heavy atom. The van der Waals surface area contributed by atoms with Crippen LogP contribution in [0.2, 0.25) is 0 Å². The van der Waals surface area contributed by atoms with Gasteiger partial charge in [-0.25, -0.2) is 4.79 Å². The van der Waals surface area contributed by atoms with Crippen molar-refractivity contribution in [1.29, 1.82) is 0 Å². The Kier molecular flexibility index (Phi) is 4.18. The van der Waals surface area contributed by atoms with Gasteiger partial charge in [0.05, 0.1) is 6.04 Å². The number of carbonyl (C=O) groups is 1. The molecule has 19 heavy (non-hydrogen) atoms. The van der Waals surface area contributed by atoms with Crippen molar-refractivity contribution in [1.82, 2.24) is 10.6 Å². The Hall–Kier alpha value is -2.29. The standard InChI is InChI=1S/C16H18N2O/c1-3-11-17-16(19)18-12(2)14-10-6-8-13-7-4-5-9-15(13)14/h3-10,12H,1,11H2,2H3,(H2,17,18,19). The molecule has 0 aromatic heterocycles. The highest BCUT2D eigenvalue weighted by Gasteiger charge is 2.11. The number of fused-ring (bicyclic) bond motifs is 1. The molecule has 98 valence electrons. The summed E-state index contributed by atoms with van der Waals surface area (Å²) in [5.74, 6) is 0. The maximum Gasteiger partial charge on any atom is 0.315 e. The van der Waals surface area contributed by atoms with E-state index in [9.17, 15) is 4.79 Å². The van der Waals surface area contributed by atoms with Crippen LogP contribution in [0.25, 0.3) is 10.8 Å². The van der Waals surface area contributed by atoms with Gasteiger partial charge in [-0.2, -0.15) is 0 Å². The summed E-state index contributed by atoms with van der Waals surface area (Å²) >= 11 is 0. The average Bonchev–Trinajstić information content (AvgIpc) is 2.44. The third kappa shape index (κ3) is 3.13. The van der Waals surface area contributed by atoms with Crippen LogP contribution in [0.4, 0.5) is 4.79 Å². The number of rotatable bonds is 4. The third-order valence-corrected chi connectivity index (χ3v) is 3.04. The van der Waals surface area contributed by atoms with Crippen molar-refractivity contribution in [2.45, 2.75) is 13.0 Å². The largest absolute Gasteiger partial charge is 0.335 e. The van der Waals surface area contributed by atoms with Gasteiger partial charge in [0.1, 0.15) is 0 Å². The first-order valence-corrected chi connectivity index (χ1v) is 6.35. The third-order valence-electron chi connectivity index (χ3n) is 3.04. The maximum absolute atomic E-state index is 11.7. The second-order valence-corrected chi connectivity index (χ2v) is 4.43. The molecule has 2 N–H and O–H groups in total. The van der Waals surface area contributed by atoms with Crippen LogP contribution in [0, 0.1) is 0 Å². The molecule has 0 fully saturated rings. The summed E-state index contributed by atoms with van der Waals surface area (Å²) in [6.45, 7) is 6.02. The molecule has 2 rings (SSSR count). The lowest BCUT2D eigenvalue weighted by Crippen LogP contribution is -2.37. The molecule has 0 spiro atoms. The second-order valence-electron chi connectivity index (χ2n) is 4.43. The van der Waals surface area contributed by atoms with Gasteiger partial charge < -0.3 is 10.6 Å². The number of urea groups is 1. The summed E-state index contributed by atoms with van der Waals surface area (Å²) in [5, 5.41) is 7.99. The van der Waals surface area contributed by atoms with Crippen molar-refractivity contribution in [3.8, 4) is 0 Å². The number of nitrogens with one attached hydrogen (secondary N) is 2. The molecule has 1 atom stereocenters. The van der Waals surface area contributed by atoms with E-state index in [0.29, 0.717) is 6.54 Å². The first-order valence-electron chi connectivity index (χ1n) is 6.35. The summed E-state index contributed by atoms with van der Waals surface area (Å²) in [7, 11) is 0. The first-order chi connectivity index (χ1) is 9.22. The topological polar surface area (TPSA) is 41.1 Å². The van der Waals surface area contributed by atoms with Gasteiger partial charge in [0.25, 0.3) is 0 Å². The fourth-order valence-electron chi connectivity index (χ4n) is 2.12. The lowest BCUT2D eigenvalue weighted by molar-refractivity contribution is 0.239. The van der Waals surface area contributed by atoms with Crippen molar-refractivity contribution >= 4 is 16.8 Å². The number of amides is 2. The summed E-state index contributed by atoms with van der Waals surface area (Å²) in [6, 6.07) is 14.1. The Morgan fingerprint density at radius 1 is 1.26 bits per heavy atom. The van der Waals surface area contributed by atoms with Crippen molar-refractivity contribution in [3.63, 3.8) is 0 Å². The summed E-state index contributed by atoms with van der Waals surface area (Å²) in [6.07, 6.45) is 1.65. The molecule has 0 radical (unpaired) electrons. The van der Waals surface area contributed by atoms with Gasteiger partial charge in [-0.3, -0.25) is 0 Å². The Labute approximate surface area is 113 Å². The highest BCUT2D eigenvalue weighted by molar-refractivity contribution is 5.86. The molecule has 0 saturated carbocycles. The van der Waals surface area contributed by atoms with Crippen LogP contribution in [0.15, 0.2) is 55.1 Å². The van der Waals surface area contributed by atoms with Crippen molar-refractivity contribution in [3.05, 3.63) is 60.7 Å². The lowest BCUT2D eigenvalue weighted by atomic mass is 10.00. The summed E-state index contributed by atoms with van der Waals surface area (Å²) < 4.78 is 0. The Bertz CT molecular complexity index is 587. The van der Waals surface area contributed by atoms with Crippen LogP contribution < -0.4 is 10.6 Å². The highest BCUT2D eigenvalue weighted by Crippen LogP contribution is 2.23. The second kappa shape index (κ2) is 6.05. The summed E-state index contributed by atoms with van der Waals surface area (Å²) in [4.78, 5) is 11.7. The van der Waals surface area contributed by atoms with Gasteiger partial charge in [0.15, 0.2) is 0 Å². The molecule has 3 nitrogen and oxygen atoms in total. The molecule has 2 amide bonds. The first kappa shape index (κ1) is 13.1. The van der Waals surface area contributed by atoms with E-state index in [1.54, 1.807) is 6.08 Å². The quantitative estimate of drug-likeness (QED) is 0.807. The van der Waals surface area contributed by atoms with Gasteiger partial charge in [0, 0.05) is 6.54 Å². The minimum Gasteiger partial charge on any atom is -0.335 e. The van der Waals surface area contributed by atoms with Crippen LogP contribution in [0.3, 0.4) is 0 Å². The van der Waals surface area contributed by atoms with E-state index >= 15 is 0 Å². The molecule has 0 aliphatic heterocycles. The van der Waals surface area contributed by atoms with Crippen molar-refractivity contribution in [2.75, 3.05) is 6.54 Å². The number of carbonyl (C=O) groups excluding carboxylic acids is 1. The fraction of sp³-hybridized carbons (Fsp3) is 0.188. The molecule has 1 unspecified atom stereocenters. The Balaban J connectivity index is 2.19. The molecule has 2 aromatic rings. The zero-order valence-electron chi connectivity index (χ0n) is 11.0. The minimum atomic E-state index is -0.180. The highest BCUT2D eigenvalue weighted by atomic mass is 16.2. The van der Waals surface area contributed by atoms with Gasteiger partial charge in [-0.1, -0.05) is 48.5 Å². The SMILES string of the molecule is C=CCNC(=O)NC(C)c1cccc2ccccc12. The Morgan fingerprint density at radius 2 is 2.00 bits per heavy atom. The zero-order valence-corrected chi connectivity index (χ0v) is 11.0. The monoisotopic (exact) mass is 254 g/mol.